The van der Waals surface area contributed by atoms with Crippen LogP contribution in [0.15, 0.2) is 0 Å². The molecule has 3 heteroatoms. The summed E-state index contributed by atoms with van der Waals surface area (Å²) in [6.45, 7) is 0. The molecular weight excluding hydrogens is 142 g/mol. The van der Waals surface area contributed by atoms with E-state index in [0.29, 0.717) is 0 Å². The van der Waals surface area contributed by atoms with Gasteiger partial charge >= 0.3 is 0 Å². The SMILES string of the molecule is COC1CCC([NH])CC1OC. The Labute approximate surface area is 67.9 Å². The Morgan fingerprint density at radius 3 is 2.27 bits per heavy atom. The predicted octanol–water partition coefficient (Wildman–Crippen LogP) is 0.852. The summed E-state index contributed by atoms with van der Waals surface area (Å²) >= 11 is 0. The van der Waals surface area contributed by atoms with Gasteiger partial charge in [0.05, 0.1) is 12.2 Å². The third-order valence-electron chi connectivity index (χ3n) is 2.34. The molecule has 0 bridgehead atoms. The van der Waals surface area contributed by atoms with Gasteiger partial charge in [0.25, 0.3) is 0 Å². The average Bonchev–Trinajstić information content (AvgIpc) is 2.04. The molecule has 1 radical (unpaired) electrons. The second-order valence-electron chi connectivity index (χ2n) is 3.06. The van der Waals surface area contributed by atoms with E-state index >= 15 is 0 Å². The number of nitrogens with one attached hydrogen (secondary N) is 1. The number of hydrogen-bond donors (Lipinski definition) is 0. The molecule has 3 nitrogen and oxygen atoms in total. The highest BCUT2D eigenvalue weighted by molar-refractivity contribution is 4.82. The molecule has 3 atom stereocenters. The van der Waals surface area contributed by atoms with E-state index in [9.17, 15) is 0 Å². The van der Waals surface area contributed by atoms with Crippen LogP contribution >= 0.6 is 0 Å². The molecule has 1 aliphatic carbocycles. The molecule has 0 aliphatic heterocycles. The summed E-state index contributed by atoms with van der Waals surface area (Å²) in [4.78, 5) is 0. The van der Waals surface area contributed by atoms with Crippen molar-refractivity contribution in [2.24, 2.45) is 0 Å². The number of hydrogen-bond acceptors (Lipinski definition) is 2. The van der Waals surface area contributed by atoms with Gasteiger partial charge in [-0.05, 0) is 19.3 Å². The highest BCUT2D eigenvalue weighted by atomic mass is 16.5. The first-order valence-electron chi connectivity index (χ1n) is 4.04. The van der Waals surface area contributed by atoms with Crippen LogP contribution in [0.1, 0.15) is 19.3 Å². The van der Waals surface area contributed by atoms with E-state index in [1.165, 1.54) is 0 Å². The molecule has 3 unspecified atom stereocenters. The zero-order valence-electron chi connectivity index (χ0n) is 7.17. The Bertz CT molecular complexity index is 119. The maximum Gasteiger partial charge on any atom is 0.0848 e. The van der Waals surface area contributed by atoms with E-state index in [-0.39, 0.29) is 18.2 Å². The summed E-state index contributed by atoms with van der Waals surface area (Å²) in [6, 6.07) is 0.0475. The number of methoxy groups -OCH3 is 2. The summed E-state index contributed by atoms with van der Waals surface area (Å²) < 4.78 is 10.5. The molecule has 0 amide bonds. The Balaban J connectivity index is 2.41. The highest BCUT2D eigenvalue weighted by Gasteiger charge is 2.28. The van der Waals surface area contributed by atoms with E-state index < -0.39 is 0 Å². The van der Waals surface area contributed by atoms with Crippen LogP contribution < -0.4 is 5.73 Å². The van der Waals surface area contributed by atoms with Crippen molar-refractivity contribution >= 4 is 0 Å². The first-order chi connectivity index (χ1) is 5.27. The maximum absolute atomic E-state index is 7.54. The molecule has 0 aromatic heterocycles. The summed E-state index contributed by atoms with van der Waals surface area (Å²) in [5, 5.41) is 0. The molecule has 1 aliphatic rings. The predicted molar refractivity (Wildman–Crippen MR) is 42.3 cm³/mol. The standard InChI is InChI=1S/C8H16NO2/c1-10-7-4-3-6(9)5-8(7)11-2/h6-9H,3-5H2,1-2H3. The number of ether oxygens (including phenoxy) is 2. The van der Waals surface area contributed by atoms with Gasteiger partial charge in [-0.3, -0.25) is 5.73 Å². The molecule has 1 saturated carbocycles. The Morgan fingerprint density at radius 1 is 1.09 bits per heavy atom. The lowest BCUT2D eigenvalue weighted by Crippen LogP contribution is -2.39. The van der Waals surface area contributed by atoms with Gasteiger partial charge in [0.2, 0.25) is 0 Å². The van der Waals surface area contributed by atoms with Crippen molar-refractivity contribution in [3.63, 3.8) is 0 Å². The van der Waals surface area contributed by atoms with E-state index in [1.807, 2.05) is 0 Å². The lowest BCUT2D eigenvalue weighted by Gasteiger charge is -2.32. The Kier molecular flexibility index (Phi) is 3.30. The molecule has 11 heavy (non-hydrogen) atoms. The minimum absolute atomic E-state index is 0.0475. The molecule has 1 fully saturated rings. The van der Waals surface area contributed by atoms with Gasteiger partial charge in [0.1, 0.15) is 0 Å². The summed E-state index contributed by atoms with van der Waals surface area (Å²) in [5.41, 5.74) is 7.54. The van der Waals surface area contributed by atoms with Crippen LogP contribution in [0.5, 0.6) is 0 Å². The minimum atomic E-state index is 0.0475. The fourth-order valence-electron chi connectivity index (χ4n) is 1.62. The molecule has 0 heterocycles. The highest BCUT2D eigenvalue weighted by Crippen LogP contribution is 2.22. The van der Waals surface area contributed by atoms with Gasteiger partial charge in [-0.2, -0.15) is 0 Å². The first kappa shape index (κ1) is 8.97. The second-order valence-corrected chi connectivity index (χ2v) is 3.06. The fourth-order valence-corrected chi connectivity index (χ4v) is 1.62. The van der Waals surface area contributed by atoms with Crippen molar-refractivity contribution in [2.45, 2.75) is 37.5 Å². The molecule has 65 valence electrons. The van der Waals surface area contributed by atoms with Gasteiger partial charge in [-0.15, -0.1) is 0 Å². The largest absolute Gasteiger partial charge is 0.379 e. The van der Waals surface area contributed by atoms with Crippen LogP contribution in [0.25, 0.3) is 0 Å². The smallest absolute Gasteiger partial charge is 0.0848 e. The van der Waals surface area contributed by atoms with Gasteiger partial charge in [-0.1, -0.05) is 0 Å². The van der Waals surface area contributed by atoms with Gasteiger partial charge in [-0.25, -0.2) is 0 Å². The molecule has 1 N–H and O–H groups in total. The van der Waals surface area contributed by atoms with Crippen LogP contribution in [0.2, 0.25) is 0 Å². The minimum Gasteiger partial charge on any atom is -0.379 e. The van der Waals surface area contributed by atoms with Crippen molar-refractivity contribution in [3.05, 3.63) is 0 Å². The summed E-state index contributed by atoms with van der Waals surface area (Å²) in [5.74, 6) is 0. The van der Waals surface area contributed by atoms with Crippen LogP contribution in [0, 0.1) is 0 Å². The van der Waals surface area contributed by atoms with Crippen LogP contribution in [0.4, 0.5) is 0 Å². The lowest BCUT2D eigenvalue weighted by atomic mass is 9.91. The monoisotopic (exact) mass is 158 g/mol. The third kappa shape index (κ3) is 2.15. The maximum atomic E-state index is 7.54. The Hall–Kier alpha value is -0.120. The average molecular weight is 158 g/mol. The van der Waals surface area contributed by atoms with Gasteiger partial charge < -0.3 is 9.47 Å². The second kappa shape index (κ2) is 4.04. The molecule has 1 rings (SSSR count). The van der Waals surface area contributed by atoms with Crippen molar-refractivity contribution in [1.29, 1.82) is 0 Å². The molecule has 0 saturated heterocycles. The topological polar surface area (TPSA) is 42.3 Å². The van der Waals surface area contributed by atoms with Crippen molar-refractivity contribution in [3.8, 4) is 0 Å². The normalized spacial score (nSPS) is 39.0. The van der Waals surface area contributed by atoms with Crippen LogP contribution in [-0.4, -0.2) is 32.5 Å². The zero-order valence-corrected chi connectivity index (χ0v) is 7.17. The summed E-state index contributed by atoms with van der Waals surface area (Å²) in [6.07, 6.45) is 3.06. The molecule has 0 aromatic carbocycles. The van der Waals surface area contributed by atoms with E-state index in [1.54, 1.807) is 14.2 Å². The molecule has 0 spiro atoms. The Morgan fingerprint density at radius 2 is 1.73 bits per heavy atom. The van der Waals surface area contributed by atoms with Crippen molar-refractivity contribution in [1.82, 2.24) is 5.73 Å². The third-order valence-corrected chi connectivity index (χ3v) is 2.34. The van der Waals surface area contributed by atoms with Crippen LogP contribution in [-0.2, 0) is 9.47 Å². The van der Waals surface area contributed by atoms with Gasteiger partial charge in [0.15, 0.2) is 0 Å². The van der Waals surface area contributed by atoms with Crippen molar-refractivity contribution in [2.75, 3.05) is 14.2 Å². The van der Waals surface area contributed by atoms with Crippen molar-refractivity contribution < 1.29 is 9.47 Å². The summed E-state index contributed by atoms with van der Waals surface area (Å²) in [7, 11) is 3.40. The molecular formula is C8H16NO2. The zero-order chi connectivity index (χ0) is 8.27. The van der Waals surface area contributed by atoms with Crippen LogP contribution in [0.3, 0.4) is 0 Å². The first-order valence-corrected chi connectivity index (χ1v) is 4.04. The van der Waals surface area contributed by atoms with Gasteiger partial charge in [0, 0.05) is 20.3 Å². The fraction of sp³-hybridized carbons (Fsp3) is 1.00. The van der Waals surface area contributed by atoms with E-state index in [0.717, 1.165) is 19.3 Å². The number of rotatable bonds is 2. The van der Waals surface area contributed by atoms with E-state index in [2.05, 4.69) is 0 Å². The molecule has 0 aromatic rings. The quantitative estimate of drug-likeness (QED) is 0.598. The van der Waals surface area contributed by atoms with E-state index in [4.69, 9.17) is 15.2 Å². The lowest BCUT2D eigenvalue weighted by molar-refractivity contribution is -0.0622.